The Labute approximate surface area is 47.2 Å². The molecule has 0 aromatic carbocycles. The van der Waals surface area contributed by atoms with E-state index in [1.54, 1.807) is 0 Å². The van der Waals surface area contributed by atoms with E-state index in [0.29, 0.717) is 0 Å². The Balaban J connectivity index is 2.99. The Morgan fingerprint density at radius 3 is 2.62 bits per heavy atom. The van der Waals surface area contributed by atoms with Gasteiger partial charge in [-0.15, -0.1) is 0 Å². The van der Waals surface area contributed by atoms with Gasteiger partial charge in [0, 0.05) is 0 Å². The molecule has 0 fully saturated rings. The average molecular weight is 118 g/mol. The summed E-state index contributed by atoms with van der Waals surface area (Å²) in [6.45, 7) is -0.623. The van der Waals surface area contributed by atoms with E-state index in [2.05, 4.69) is 4.74 Å². The SMILES string of the molecule is NCC(=O)OCC[O]. The minimum absolute atomic E-state index is 0.0734. The smallest absolute Gasteiger partial charge is 0.319 e. The van der Waals surface area contributed by atoms with Crippen molar-refractivity contribution < 1.29 is 14.6 Å². The highest BCUT2D eigenvalue weighted by molar-refractivity contribution is 5.71. The molecule has 0 aromatic rings. The summed E-state index contributed by atoms with van der Waals surface area (Å²) in [6, 6.07) is 0. The fourth-order valence-corrected chi connectivity index (χ4v) is 0.214. The topological polar surface area (TPSA) is 72.2 Å². The van der Waals surface area contributed by atoms with E-state index in [1.165, 1.54) is 0 Å². The zero-order valence-corrected chi connectivity index (χ0v) is 4.42. The largest absolute Gasteiger partial charge is 0.462 e. The molecule has 0 rings (SSSR count). The molecule has 0 aliphatic carbocycles. The Kier molecular flexibility index (Phi) is 4.20. The van der Waals surface area contributed by atoms with Crippen molar-refractivity contribution >= 4 is 5.97 Å². The number of rotatable bonds is 3. The molecule has 0 aromatic heterocycles. The molecule has 0 amide bonds. The van der Waals surface area contributed by atoms with E-state index >= 15 is 0 Å². The first-order valence-electron chi connectivity index (χ1n) is 2.25. The Morgan fingerprint density at radius 1 is 1.62 bits per heavy atom. The average Bonchev–Trinajstić information content (AvgIpc) is 1.83. The summed E-state index contributed by atoms with van der Waals surface area (Å²) in [5.41, 5.74) is 4.84. The molecule has 0 heterocycles. The molecular formula is C4H8NO3. The van der Waals surface area contributed by atoms with E-state index in [1.807, 2.05) is 0 Å². The summed E-state index contributed by atoms with van der Waals surface area (Å²) < 4.78 is 4.26. The van der Waals surface area contributed by atoms with Gasteiger partial charge in [-0.25, -0.2) is 5.11 Å². The maximum atomic E-state index is 10.1. The zero-order chi connectivity index (χ0) is 6.41. The Morgan fingerprint density at radius 2 is 2.25 bits per heavy atom. The van der Waals surface area contributed by atoms with Crippen molar-refractivity contribution in [2.75, 3.05) is 19.8 Å². The molecule has 0 bridgehead atoms. The first-order chi connectivity index (χ1) is 3.81. The van der Waals surface area contributed by atoms with Crippen molar-refractivity contribution in [1.29, 1.82) is 0 Å². The molecular weight excluding hydrogens is 110 g/mol. The lowest BCUT2D eigenvalue weighted by molar-refractivity contribution is -0.143. The van der Waals surface area contributed by atoms with Crippen molar-refractivity contribution in [2.24, 2.45) is 5.73 Å². The van der Waals surface area contributed by atoms with Crippen molar-refractivity contribution in [2.45, 2.75) is 0 Å². The number of esters is 1. The molecule has 8 heavy (non-hydrogen) atoms. The first-order valence-corrected chi connectivity index (χ1v) is 2.25. The summed E-state index contributed by atoms with van der Waals surface area (Å²) in [5, 5.41) is 9.63. The second-order valence-electron chi connectivity index (χ2n) is 1.13. The van der Waals surface area contributed by atoms with E-state index in [0.717, 1.165) is 0 Å². The third-order valence-electron chi connectivity index (χ3n) is 0.513. The van der Waals surface area contributed by atoms with Gasteiger partial charge in [-0.2, -0.15) is 0 Å². The summed E-state index contributed by atoms with van der Waals surface area (Å²) in [5.74, 6) is -0.527. The third kappa shape index (κ3) is 3.58. The highest BCUT2D eigenvalue weighted by Gasteiger charge is 1.94. The Bertz CT molecular complexity index is 73.7. The molecule has 0 unspecified atom stereocenters. The van der Waals surface area contributed by atoms with Crippen molar-refractivity contribution in [3.63, 3.8) is 0 Å². The van der Waals surface area contributed by atoms with Gasteiger partial charge in [0.2, 0.25) is 0 Å². The molecule has 4 nitrogen and oxygen atoms in total. The second-order valence-corrected chi connectivity index (χ2v) is 1.13. The minimum atomic E-state index is -0.527. The van der Waals surface area contributed by atoms with Gasteiger partial charge in [0.15, 0.2) is 0 Å². The first kappa shape index (κ1) is 7.39. The van der Waals surface area contributed by atoms with Gasteiger partial charge < -0.3 is 10.5 Å². The van der Waals surface area contributed by atoms with Gasteiger partial charge in [0.1, 0.15) is 13.2 Å². The molecule has 0 atom stereocenters. The van der Waals surface area contributed by atoms with Crippen molar-refractivity contribution in [3.8, 4) is 0 Å². The molecule has 1 radical (unpaired) electrons. The van der Waals surface area contributed by atoms with Crippen molar-refractivity contribution in [3.05, 3.63) is 0 Å². The lowest BCUT2D eigenvalue weighted by Gasteiger charge is -1.95. The molecule has 0 saturated heterocycles. The van der Waals surface area contributed by atoms with Crippen LogP contribution in [0.5, 0.6) is 0 Å². The number of carbonyl (C=O) groups excluding carboxylic acids is 1. The van der Waals surface area contributed by atoms with Gasteiger partial charge >= 0.3 is 5.97 Å². The summed E-state index contributed by atoms with van der Waals surface area (Å²) in [7, 11) is 0. The van der Waals surface area contributed by atoms with Gasteiger partial charge in [-0.3, -0.25) is 4.79 Å². The molecule has 4 heteroatoms. The number of ether oxygens (including phenoxy) is 1. The molecule has 0 aliphatic heterocycles. The highest BCUT2D eigenvalue weighted by Crippen LogP contribution is 1.71. The van der Waals surface area contributed by atoms with Gasteiger partial charge in [-0.1, -0.05) is 0 Å². The lowest BCUT2D eigenvalue weighted by Crippen LogP contribution is -2.17. The van der Waals surface area contributed by atoms with Crippen LogP contribution in [0.25, 0.3) is 0 Å². The molecule has 0 spiro atoms. The zero-order valence-electron chi connectivity index (χ0n) is 4.42. The van der Waals surface area contributed by atoms with Gasteiger partial charge in [0.05, 0.1) is 6.54 Å². The van der Waals surface area contributed by atoms with Crippen LogP contribution in [-0.2, 0) is 14.6 Å². The summed E-state index contributed by atoms with van der Waals surface area (Å²) in [4.78, 5) is 10.1. The quantitative estimate of drug-likeness (QED) is 0.479. The van der Waals surface area contributed by atoms with Crippen LogP contribution >= 0.6 is 0 Å². The van der Waals surface area contributed by atoms with Crippen LogP contribution in [0.4, 0.5) is 0 Å². The predicted molar refractivity (Wildman–Crippen MR) is 25.6 cm³/mol. The fraction of sp³-hybridized carbons (Fsp3) is 0.750. The van der Waals surface area contributed by atoms with Crippen LogP contribution in [0.2, 0.25) is 0 Å². The molecule has 0 saturated carbocycles. The van der Waals surface area contributed by atoms with Gasteiger partial charge in [0.25, 0.3) is 0 Å². The van der Waals surface area contributed by atoms with Crippen LogP contribution in [0.15, 0.2) is 0 Å². The number of carbonyl (C=O) groups is 1. The van der Waals surface area contributed by atoms with Crippen LogP contribution in [0, 0.1) is 0 Å². The molecule has 2 N–H and O–H groups in total. The van der Waals surface area contributed by atoms with E-state index in [4.69, 9.17) is 5.73 Å². The van der Waals surface area contributed by atoms with Crippen molar-refractivity contribution in [1.82, 2.24) is 0 Å². The van der Waals surface area contributed by atoms with E-state index in [9.17, 15) is 9.90 Å². The number of hydrogen-bond donors (Lipinski definition) is 1. The minimum Gasteiger partial charge on any atom is -0.462 e. The monoisotopic (exact) mass is 118 g/mol. The standard InChI is InChI=1S/C4H8NO3/c5-3-4(7)8-2-1-6/h1-3,5H2. The van der Waals surface area contributed by atoms with E-state index in [-0.39, 0.29) is 13.2 Å². The normalized spacial score (nSPS) is 8.75. The number of nitrogens with two attached hydrogens (primary N) is 1. The lowest BCUT2D eigenvalue weighted by atomic mass is 10.7. The maximum absolute atomic E-state index is 10.1. The van der Waals surface area contributed by atoms with Crippen LogP contribution in [0.3, 0.4) is 0 Å². The van der Waals surface area contributed by atoms with Crippen LogP contribution in [-0.4, -0.2) is 25.7 Å². The second kappa shape index (κ2) is 4.55. The van der Waals surface area contributed by atoms with Crippen LogP contribution in [0.1, 0.15) is 0 Å². The summed E-state index contributed by atoms with van der Waals surface area (Å²) in [6.07, 6.45) is 0. The van der Waals surface area contributed by atoms with Crippen LogP contribution < -0.4 is 5.73 Å². The van der Waals surface area contributed by atoms with Gasteiger partial charge in [-0.05, 0) is 0 Å². The summed E-state index contributed by atoms with van der Waals surface area (Å²) >= 11 is 0. The third-order valence-corrected chi connectivity index (χ3v) is 0.513. The van der Waals surface area contributed by atoms with E-state index < -0.39 is 12.6 Å². The molecule has 0 aliphatic rings. The predicted octanol–water partition coefficient (Wildman–Crippen LogP) is -1.08. The number of hydrogen-bond acceptors (Lipinski definition) is 3. The Hall–Kier alpha value is -0.610. The maximum Gasteiger partial charge on any atom is 0.319 e. The molecule has 47 valence electrons. The fourth-order valence-electron chi connectivity index (χ4n) is 0.214. The highest BCUT2D eigenvalue weighted by atomic mass is 16.5.